The average molecular weight is 417 g/mol. The summed E-state index contributed by atoms with van der Waals surface area (Å²) in [5.74, 6) is -0.455. The van der Waals surface area contributed by atoms with Crippen LogP contribution in [0.1, 0.15) is 10.4 Å². The van der Waals surface area contributed by atoms with E-state index in [1.54, 1.807) is 24.3 Å². The van der Waals surface area contributed by atoms with E-state index in [9.17, 15) is 18.0 Å². The zero-order chi connectivity index (χ0) is 20.9. The number of benzene rings is 2. The Bertz CT molecular complexity index is 966. The molecule has 0 radical (unpaired) electrons. The molecule has 1 saturated heterocycles. The summed E-state index contributed by atoms with van der Waals surface area (Å²) >= 11 is 0. The minimum atomic E-state index is -3.30. The molecule has 0 aromatic heterocycles. The standard InChI is InChI=1S/C20H23N3O5S/c1-29(26,27)18-8-2-15(3-9-18)20(25)22-17-6-4-16(5-7-17)21-19(24)14-23-10-12-28-13-11-23/h2-9H,10-14H2,1H3,(H,21,24)(H,22,25). The first-order valence-corrected chi connectivity index (χ1v) is 11.0. The van der Waals surface area contributed by atoms with Crippen molar-refractivity contribution in [3.63, 3.8) is 0 Å². The first-order valence-electron chi connectivity index (χ1n) is 9.13. The van der Waals surface area contributed by atoms with E-state index in [0.717, 1.165) is 19.3 Å². The second-order valence-electron chi connectivity index (χ2n) is 6.76. The van der Waals surface area contributed by atoms with Crippen LogP contribution >= 0.6 is 0 Å². The van der Waals surface area contributed by atoms with Crippen LogP contribution < -0.4 is 10.6 Å². The summed E-state index contributed by atoms with van der Waals surface area (Å²) in [5.41, 5.74) is 1.55. The lowest BCUT2D eigenvalue weighted by molar-refractivity contribution is -0.118. The quantitative estimate of drug-likeness (QED) is 0.740. The molecule has 0 saturated carbocycles. The number of hydrogen-bond donors (Lipinski definition) is 2. The number of rotatable bonds is 6. The van der Waals surface area contributed by atoms with E-state index in [1.165, 1.54) is 24.3 Å². The molecule has 0 bridgehead atoms. The van der Waals surface area contributed by atoms with Crippen molar-refractivity contribution in [2.45, 2.75) is 4.90 Å². The highest BCUT2D eigenvalue weighted by atomic mass is 32.2. The number of nitrogens with one attached hydrogen (secondary N) is 2. The number of anilines is 2. The number of morpholine rings is 1. The Balaban J connectivity index is 1.54. The smallest absolute Gasteiger partial charge is 0.255 e. The van der Waals surface area contributed by atoms with Crippen molar-refractivity contribution in [1.29, 1.82) is 0 Å². The fourth-order valence-electron chi connectivity index (χ4n) is 2.86. The summed E-state index contributed by atoms with van der Waals surface area (Å²) in [6.45, 7) is 3.07. The van der Waals surface area contributed by atoms with Gasteiger partial charge in [0.15, 0.2) is 9.84 Å². The lowest BCUT2D eigenvalue weighted by atomic mass is 10.2. The van der Waals surface area contributed by atoms with E-state index >= 15 is 0 Å². The largest absolute Gasteiger partial charge is 0.379 e. The molecule has 154 valence electrons. The minimum Gasteiger partial charge on any atom is -0.379 e. The summed E-state index contributed by atoms with van der Waals surface area (Å²) in [5, 5.41) is 5.57. The highest BCUT2D eigenvalue weighted by molar-refractivity contribution is 7.90. The summed E-state index contributed by atoms with van der Waals surface area (Å²) < 4.78 is 28.2. The predicted molar refractivity (Wildman–Crippen MR) is 110 cm³/mol. The van der Waals surface area contributed by atoms with Crippen molar-refractivity contribution >= 4 is 33.0 Å². The van der Waals surface area contributed by atoms with Gasteiger partial charge in [0, 0.05) is 36.3 Å². The van der Waals surface area contributed by atoms with E-state index in [0.29, 0.717) is 36.7 Å². The second kappa shape index (κ2) is 9.17. The molecule has 0 aliphatic carbocycles. The molecule has 2 N–H and O–H groups in total. The predicted octanol–water partition coefficient (Wildman–Crippen LogP) is 1.61. The molecule has 2 aromatic rings. The zero-order valence-electron chi connectivity index (χ0n) is 16.1. The van der Waals surface area contributed by atoms with E-state index in [2.05, 4.69) is 10.6 Å². The third-order valence-corrected chi connectivity index (χ3v) is 5.57. The van der Waals surface area contributed by atoms with Crippen LogP contribution in [-0.4, -0.2) is 64.2 Å². The first-order chi connectivity index (χ1) is 13.8. The Hall–Kier alpha value is -2.75. The van der Waals surface area contributed by atoms with E-state index < -0.39 is 9.84 Å². The molecule has 2 aromatic carbocycles. The number of carbonyl (C=O) groups excluding carboxylic acids is 2. The van der Waals surface area contributed by atoms with Crippen LogP contribution in [0.5, 0.6) is 0 Å². The molecule has 1 aliphatic rings. The van der Waals surface area contributed by atoms with E-state index in [-0.39, 0.29) is 16.7 Å². The number of amides is 2. The molecular formula is C20H23N3O5S. The fraction of sp³-hybridized carbons (Fsp3) is 0.300. The van der Waals surface area contributed by atoms with Crippen molar-refractivity contribution in [2.24, 2.45) is 0 Å². The fourth-order valence-corrected chi connectivity index (χ4v) is 3.49. The summed E-state index contributed by atoms with van der Waals surface area (Å²) in [7, 11) is -3.30. The summed E-state index contributed by atoms with van der Waals surface area (Å²) in [4.78, 5) is 26.6. The van der Waals surface area contributed by atoms with Crippen molar-refractivity contribution in [2.75, 3.05) is 49.7 Å². The van der Waals surface area contributed by atoms with Gasteiger partial charge < -0.3 is 15.4 Å². The van der Waals surface area contributed by atoms with Crippen molar-refractivity contribution in [3.8, 4) is 0 Å². The lowest BCUT2D eigenvalue weighted by Crippen LogP contribution is -2.41. The maximum Gasteiger partial charge on any atom is 0.255 e. The van der Waals surface area contributed by atoms with E-state index in [4.69, 9.17) is 4.74 Å². The molecule has 0 unspecified atom stereocenters. The second-order valence-corrected chi connectivity index (χ2v) is 8.78. The Kier molecular flexibility index (Phi) is 6.63. The van der Waals surface area contributed by atoms with Crippen LogP contribution in [0, 0.1) is 0 Å². The van der Waals surface area contributed by atoms with Gasteiger partial charge in [-0.25, -0.2) is 8.42 Å². The van der Waals surface area contributed by atoms with Gasteiger partial charge in [0.25, 0.3) is 5.91 Å². The van der Waals surface area contributed by atoms with Gasteiger partial charge in [-0.15, -0.1) is 0 Å². The SMILES string of the molecule is CS(=O)(=O)c1ccc(C(=O)Nc2ccc(NC(=O)CN3CCOCC3)cc2)cc1. The maximum absolute atomic E-state index is 12.3. The van der Waals surface area contributed by atoms with Crippen LogP contribution in [0.3, 0.4) is 0 Å². The molecule has 1 fully saturated rings. The number of hydrogen-bond acceptors (Lipinski definition) is 6. The van der Waals surface area contributed by atoms with Gasteiger partial charge in [0.05, 0.1) is 24.7 Å². The van der Waals surface area contributed by atoms with Crippen molar-refractivity contribution in [3.05, 3.63) is 54.1 Å². The average Bonchev–Trinajstić information content (AvgIpc) is 2.69. The van der Waals surface area contributed by atoms with Crippen LogP contribution in [0.25, 0.3) is 0 Å². The molecule has 29 heavy (non-hydrogen) atoms. The highest BCUT2D eigenvalue weighted by Gasteiger charge is 2.14. The van der Waals surface area contributed by atoms with E-state index in [1.807, 2.05) is 4.90 Å². The van der Waals surface area contributed by atoms with Gasteiger partial charge in [-0.1, -0.05) is 0 Å². The van der Waals surface area contributed by atoms with Crippen LogP contribution in [0.2, 0.25) is 0 Å². The monoisotopic (exact) mass is 417 g/mol. The Morgan fingerprint density at radius 2 is 1.48 bits per heavy atom. The maximum atomic E-state index is 12.3. The Morgan fingerprint density at radius 3 is 2.03 bits per heavy atom. The molecular weight excluding hydrogens is 394 g/mol. The number of carbonyl (C=O) groups is 2. The lowest BCUT2D eigenvalue weighted by Gasteiger charge is -2.25. The third-order valence-electron chi connectivity index (χ3n) is 4.44. The normalized spacial score (nSPS) is 14.9. The van der Waals surface area contributed by atoms with Crippen LogP contribution in [0.15, 0.2) is 53.4 Å². The molecule has 2 amide bonds. The van der Waals surface area contributed by atoms with Gasteiger partial charge in [0.1, 0.15) is 0 Å². The summed E-state index contributed by atoms with van der Waals surface area (Å²) in [6.07, 6.45) is 1.11. The van der Waals surface area contributed by atoms with Crippen LogP contribution in [-0.2, 0) is 19.4 Å². The number of ether oxygens (including phenoxy) is 1. The first kappa shape index (κ1) is 21.0. The van der Waals surface area contributed by atoms with Gasteiger partial charge in [-0.2, -0.15) is 0 Å². The molecule has 0 atom stereocenters. The zero-order valence-corrected chi connectivity index (χ0v) is 16.9. The highest BCUT2D eigenvalue weighted by Crippen LogP contribution is 2.16. The van der Waals surface area contributed by atoms with Gasteiger partial charge in [-0.3, -0.25) is 14.5 Å². The third kappa shape index (κ3) is 6.11. The number of sulfone groups is 1. The molecule has 3 rings (SSSR count). The Labute approximate surface area is 169 Å². The number of nitrogens with zero attached hydrogens (tertiary/aromatic N) is 1. The van der Waals surface area contributed by atoms with Crippen LogP contribution in [0.4, 0.5) is 11.4 Å². The molecule has 9 heteroatoms. The molecule has 1 aliphatic heterocycles. The molecule has 8 nitrogen and oxygen atoms in total. The van der Waals surface area contributed by atoms with Gasteiger partial charge in [0.2, 0.25) is 5.91 Å². The van der Waals surface area contributed by atoms with Crippen molar-refractivity contribution in [1.82, 2.24) is 4.90 Å². The van der Waals surface area contributed by atoms with Gasteiger partial charge >= 0.3 is 0 Å². The minimum absolute atomic E-state index is 0.102. The summed E-state index contributed by atoms with van der Waals surface area (Å²) in [6, 6.07) is 12.5. The molecule has 0 spiro atoms. The van der Waals surface area contributed by atoms with Gasteiger partial charge in [-0.05, 0) is 48.5 Å². The topological polar surface area (TPSA) is 105 Å². The Morgan fingerprint density at radius 1 is 0.931 bits per heavy atom. The molecule has 1 heterocycles. The van der Waals surface area contributed by atoms with Crippen molar-refractivity contribution < 1.29 is 22.7 Å².